The van der Waals surface area contributed by atoms with Crippen molar-refractivity contribution in [2.24, 2.45) is 5.92 Å². The van der Waals surface area contributed by atoms with Crippen LogP contribution in [0, 0.1) is 5.92 Å². The van der Waals surface area contributed by atoms with Crippen LogP contribution in [0.3, 0.4) is 0 Å². The molecule has 6 heteroatoms. The molecule has 2 amide bonds. The largest absolute Gasteiger partial charge is 0.481 e. The van der Waals surface area contributed by atoms with Crippen LogP contribution < -0.4 is 10.6 Å². The molecule has 0 heterocycles. The number of aliphatic carboxylic acids is 1. The second-order valence-corrected chi connectivity index (χ2v) is 4.41. The number of hydrogen-bond acceptors (Lipinski definition) is 3. The molecule has 0 spiro atoms. The zero-order chi connectivity index (χ0) is 15.1. The van der Waals surface area contributed by atoms with E-state index in [0.717, 1.165) is 0 Å². The standard InChI is InChI=1S/C14H18N2O4/c1-3-10(14(19)20)8-15-13(18)11-4-6-12(7-5-11)16-9(2)17/h4-7,10H,3,8H2,1-2H3,(H,15,18)(H,16,17)(H,19,20). The Morgan fingerprint density at radius 1 is 1.20 bits per heavy atom. The minimum Gasteiger partial charge on any atom is -0.481 e. The minimum absolute atomic E-state index is 0.0954. The first kappa shape index (κ1) is 15.7. The molecule has 108 valence electrons. The van der Waals surface area contributed by atoms with E-state index in [-0.39, 0.29) is 18.4 Å². The van der Waals surface area contributed by atoms with Gasteiger partial charge in [-0.15, -0.1) is 0 Å². The highest BCUT2D eigenvalue weighted by Crippen LogP contribution is 2.09. The zero-order valence-electron chi connectivity index (χ0n) is 11.5. The molecule has 1 atom stereocenters. The summed E-state index contributed by atoms with van der Waals surface area (Å²) < 4.78 is 0. The van der Waals surface area contributed by atoms with E-state index in [4.69, 9.17) is 5.11 Å². The zero-order valence-corrected chi connectivity index (χ0v) is 11.5. The summed E-state index contributed by atoms with van der Waals surface area (Å²) in [5.74, 6) is -2.03. The van der Waals surface area contributed by atoms with Crippen molar-refractivity contribution in [2.75, 3.05) is 11.9 Å². The summed E-state index contributed by atoms with van der Waals surface area (Å²) in [6.45, 7) is 3.25. The Morgan fingerprint density at radius 2 is 1.80 bits per heavy atom. The van der Waals surface area contributed by atoms with Gasteiger partial charge in [-0.2, -0.15) is 0 Å². The number of amides is 2. The van der Waals surface area contributed by atoms with Gasteiger partial charge in [-0.05, 0) is 30.7 Å². The molecule has 6 nitrogen and oxygen atoms in total. The van der Waals surface area contributed by atoms with E-state index in [1.165, 1.54) is 6.92 Å². The van der Waals surface area contributed by atoms with Crippen LogP contribution in [0.1, 0.15) is 30.6 Å². The molecular weight excluding hydrogens is 260 g/mol. The molecule has 0 aliphatic rings. The Bertz CT molecular complexity index is 496. The summed E-state index contributed by atoms with van der Waals surface area (Å²) in [6, 6.07) is 6.38. The van der Waals surface area contributed by atoms with Crippen molar-refractivity contribution < 1.29 is 19.5 Å². The third-order valence-corrected chi connectivity index (χ3v) is 2.82. The fraction of sp³-hybridized carbons (Fsp3) is 0.357. The third-order valence-electron chi connectivity index (χ3n) is 2.82. The van der Waals surface area contributed by atoms with Crippen molar-refractivity contribution in [1.82, 2.24) is 5.32 Å². The van der Waals surface area contributed by atoms with Gasteiger partial charge in [0, 0.05) is 24.7 Å². The molecule has 0 aliphatic carbocycles. The minimum atomic E-state index is -0.922. The van der Waals surface area contributed by atoms with E-state index in [0.29, 0.717) is 17.7 Å². The molecule has 1 aromatic rings. The van der Waals surface area contributed by atoms with Crippen molar-refractivity contribution in [3.63, 3.8) is 0 Å². The fourth-order valence-electron chi connectivity index (χ4n) is 1.63. The maximum absolute atomic E-state index is 11.8. The third kappa shape index (κ3) is 4.72. The van der Waals surface area contributed by atoms with Gasteiger partial charge in [-0.3, -0.25) is 14.4 Å². The Labute approximate surface area is 117 Å². The van der Waals surface area contributed by atoms with Crippen molar-refractivity contribution >= 4 is 23.5 Å². The summed E-state index contributed by atoms with van der Waals surface area (Å²) in [7, 11) is 0. The lowest BCUT2D eigenvalue weighted by atomic mass is 10.1. The van der Waals surface area contributed by atoms with E-state index >= 15 is 0 Å². The highest BCUT2D eigenvalue weighted by Gasteiger charge is 2.16. The van der Waals surface area contributed by atoms with Crippen molar-refractivity contribution in [1.29, 1.82) is 0 Å². The van der Waals surface area contributed by atoms with E-state index in [9.17, 15) is 14.4 Å². The van der Waals surface area contributed by atoms with Crippen LogP contribution in [0.5, 0.6) is 0 Å². The monoisotopic (exact) mass is 278 g/mol. The number of benzene rings is 1. The van der Waals surface area contributed by atoms with E-state index in [1.807, 2.05) is 0 Å². The maximum atomic E-state index is 11.8. The first-order valence-electron chi connectivity index (χ1n) is 6.32. The average molecular weight is 278 g/mol. The number of carboxylic acid groups (broad SMARTS) is 1. The summed E-state index contributed by atoms with van der Waals surface area (Å²) in [4.78, 5) is 33.5. The molecule has 1 aromatic carbocycles. The van der Waals surface area contributed by atoms with Gasteiger partial charge in [-0.1, -0.05) is 6.92 Å². The Morgan fingerprint density at radius 3 is 2.25 bits per heavy atom. The second kappa shape index (κ2) is 7.28. The van der Waals surface area contributed by atoms with Crippen LogP contribution in [0.2, 0.25) is 0 Å². The first-order chi connectivity index (χ1) is 9.43. The van der Waals surface area contributed by atoms with Crippen molar-refractivity contribution in [2.45, 2.75) is 20.3 Å². The molecular formula is C14H18N2O4. The lowest BCUT2D eigenvalue weighted by Crippen LogP contribution is -2.32. The highest BCUT2D eigenvalue weighted by molar-refractivity contribution is 5.95. The van der Waals surface area contributed by atoms with Gasteiger partial charge < -0.3 is 15.7 Å². The SMILES string of the molecule is CCC(CNC(=O)c1ccc(NC(C)=O)cc1)C(=O)O. The second-order valence-electron chi connectivity index (χ2n) is 4.41. The van der Waals surface area contributed by atoms with Gasteiger partial charge in [-0.25, -0.2) is 0 Å². The van der Waals surface area contributed by atoms with Crippen LogP contribution in [-0.4, -0.2) is 29.4 Å². The highest BCUT2D eigenvalue weighted by atomic mass is 16.4. The van der Waals surface area contributed by atoms with Gasteiger partial charge >= 0.3 is 5.97 Å². The number of hydrogen-bond donors (Lipinski definition) is 3. The predicted octanol–water partition coefficient (Wildman–Crippen LogP) is 1.49. The summed E-state index contributed by atoms with van der Waals surface area (Å²) in [6.07, 6.45) is 0.455. The summed E-state index contributed by atoms with van der Waals surface area (Å²) in [5.41, 5.74) is 1.02. The smallest absolute Gasteiger partial charge is 0.308 e. The summed E-state index contributed by atoms with van der Waals surface area (Å²) >= 11 is 0. The molecule has 1 rings (SSSR count). The molecule has 20 heavy (non-hydrogen) atoms. The topological polar surface area (TPSA) is 95.5 Å². The van der Waals surface area contributed by atoms with Crippen LogP contribution >= 0.6 is 0 Å². The molecule has 3 N–H and O–H groups in total. The van der Waals surface area contributed by atoms with Crippen LogP contribution in [0.4, 0.5) is 5.69 Å². The number of rotatable bonds is 6. The first-order valence-corrected chi connectivity index (χ1v) is 6.32. The number of nitrogens with one attached hydrogen (secondary N) is 2. The number of carboxylic acids is 1. The van der Waals surface area contributed by atoms with Crippen LogP contribution in [-0.2, 0) is 9.59 Å². The van der Waals surface area contributed by atoms with Gasteiger partial charge in [0.2, 0.25) is 5.91 Å². The van der Waals surface area contributed by atoms with Crippen molar-refractivity contribution in [3.8, 4) is 0 Å². The summed E-state index contributed by atoms with van der Waals surface area (Å²) in [5, 5.41) is 14.1. The van der Waals surface area contributed by atoms with Gasteiger partial charge in [0.1, 0.15) is 0 Å². The van der Waals surface area contributed by atoms with Gasteiger partial charge in [0.25, 0.3) is 5.91 Å². The number of anilines is 1. The predicted molar refractivity (Wildman–Crippen MR) is 74.5 cm³/mol. The van der Waals surface area contributed by atoms with Gasteiger partial charge in [0.05, 0.1) is 5.92 Å². The molecule has 0 aromatic heterocycles. The Kier molecular flexibility index (Phi) is 5.71. The van der Waals surface area contributed by atoms with Crippen molar-refractivity contribution in [3.05, 3.63) is 29.8 Å². The molecule has 0 bridgehead atoms. The normalized spacial score (nSPS) is 11.5. The Balaban J connectivity index is 2.59. The van der Waals surface area contributed by atoms with E-state index < -0.39 is 11.9 Å². The molecule has 0 saturated carbocycles. The average Bonchev–Trinajstić information content (AvgIpc) is 2.39. The molecule has 0 fully saturated rings. The van der Waals surface area contributed by atoms with Crippen LogP contribution in [0.15, 0.2) is 24.3 Å². The van der Waals surface area contributed by atoms with Crippen LogP contribution in [0.25, 0.3) is 0 Å². The maximum Gasteiger partial charge on any atom is 0.308 e. The molecule has 0 aliphatic heterocycles. The van der Waals surface area contributed by atoms with E-state index in [2.05, 4.69) is 10.6 Å². The molecule has 0 saturated heterocycles. The molecule has 1 unspecified atom stereocenters. The fourth-order valence-corrected chi connectivity index (χ4v) is 1.63. The lowest BCUT2D eigenvalue weighted by Gasteiger charge is -2.11. The van der Waals surface area contributed by atoms with E-state index in [1.54, 1.807) is 31.2 Å². The number of carbonyl (C=O) groups excluding carboxylic acids is 2. The Hall–Kier alpha value is -2.37. The number of carbonyl (C=O) groups is 3. The van der Waals surface area contributed by atoms with Gasteiger partial charge in [0.15, 0.2) is 0 Å². The quantitative estimate of drug-likeness (QED) is 0.734. The lowest BCUT2D eigenvalue weighted by molar-refractivity contribution is -0.141. The molecule has 0 radical (unpaired) electrons.